The first-order valence-corrected chi connectivity index (χ1v) is 10.9. The Bertz CT molecular complexity index is 990. The number of halogens is 1. The molecule has 0 aliphatic heterocycles. The van der Waals surface area contributed by atoms with Crippen LogP contribution in [-0.4, -0.2) is 32.6 Å². The Morgan fingerprint density at radius 2 is 1.86 bits per heavy atom. The van der Waals surface area contributed by atoms with E-state index in [1.54, 1.807) is 0 Å². The third kappa shape index (κ3) is 4.82. The molecule has 0 spiro atoms. The zero-order valence-electron chi connectivity index (χ0n) is 16.8. The summed E-state index contributed by atoms with van der Waals surface area (Å²) >= 11 is 7.84. The first-order valence-electron chi connectivity index (χ1n) is 9.66. The molecule has 0 bridgehead atoms. The van der Waals surface area contributed by atoms with Crippen LogP contribution >= 0.6 is 23.4 Å². The lowest BCUT2D eigenvalue weighted by molar-refractivity contribution is -0.142. The summed E-state index contributed by atoms with van der Waals surface area (Å²) in [6, 6.07) is 15.6. The average molecular weight is 430 g/mol. The first kappa shape index (κ1) is 21.4. The number of nitrogens with zero attached hydrogens (tertiary/aromatic N) is 3. The molecule has 1 atom stereocenters. The van der Waals surface area contributed by atoms with Gasteiger partial charge in [-0.3, -0.25) is 9.36 Å². The van der Waals surface area contributed by atoms with Crippen molar-refractivity contribution >= 4 is 29.3 Å². The molecule has 0 aliphatic carbocycles. The lowest BCUT2D eigenvalue weighted by atomic mass is 10.1. The van der Waals surface area contributed by atoms with Crippen LogP contribution in [-0.2, 0) is 9.53 Å². The number of carbonyl (C=O) groups excluding carboxylic acids is 1. The van der Waals surface area contributed by atoms with Crippen molar-refractivity contribution in [3.63, 3.8) is 0 Å². The SMILES string of the molecule is CCCC(Sc1nnc(-c2ccccc2Cl)n1-c1ccccc1C)C(=O)OCC. The molecule has 0 saturated heterocycles. The van der Waals surface area contributed by atoms with E-state index < -0.39 is 0 Å². The van der Waals surface area contributed by atoms with Crippen molar-refractivity contribution in [2.45, 2.75) is 44.0 Å². The second-order valence-electron chi connectivity index (χ2n) is 6.56. The van der Waals surface area contributed by atoms with Crippen LogP contribution in [0.2, 0.25) is 5.02 Å². The number of para-hydroxylation sites is 1. The minimum absolute atomic E-state index is 0.224. The number of esters is 1. The van der Waals surface area contributed by atoms with E-state index in [0.717, 1.165) is 23.2 Å². The van der Waals surface area contributed by atoms with E-state index in [9.17, 15) is 4.79 Å². The maximum atomic E-state index is 12.5. The molecule has 3 aromatic rings. The van der Waals surface area contributed by atoms with Gasteiger partial charge in [0.15, 0.2) is 11.0 Å². The van der Waals surface area contributed by atoms with Gasteiger partial charge in [-0.25, -0.2) is 0 Å². The molecule has 29 heavy (non-hydrogen) atoms. The van der Waals surface area contributed by atoms with E-state index in [1.807, 2.05) is 73.9 Å². The molecule has 152 valence electrons. The number of aryl methyl sites for hydroxylation is 1. The Morgan fingerprint density at radius 3 is 2.55 bits per heavy atom. The zero-order valence-corrected chi connectivity index (χ0v) is 18.3. The van der Waals surface area contributed by atoms with Crippen molar-refractivity contribution in [3.05, 3.63) is 59.1 Å². The lowest BCUT2D eigenvalue weighted by Crippen LogP contribution is -2.21. The number of ether oxygens (including phenoxy) is 1. The van der Waals surface area contributed by atoms with Crippen LogP contribution in [0.5, 0.6) is 0 Å². The first-order chi connectivity index (χ1) is 14.1. The van der Waals surface area contributed by atoms with Gasteiger partial charge in [-0.2, -0.15) is 0 Å². The summed E-state index contributed by atoms with van der Waals surface area (Å²) in [7, 11) is 0. The lowest BCUT2D eigenvalue weighted by Gasteiger charge is -2.17. The molecule has 1 heterocycles. The Balaban J connectivity index is 2.12. The van der Waals surface area contributed by atoms with Gasteiger partial charge in [0.1, 0.15) is 5.25 Å². The van der Waals surface area contributed by atoms with Crippen molar-refractivity contribution in [2.75, 3.05) is 6.61 Å². The summed E-state index contributed by atoms with van der Waals surface area (Å²) in [5.74, 6) is 0.421. The van der Waals surface area contributed by atoms with E-state index in [-0.39, 0.29) is 11.2 Å². The van der Waals surface area contributed by atoms with E-state index >= 15 is 0 Å². The van der Waals surface area contributed by atoms with Crippen LogP contribution in [0.1, 0.15) is 32.3 Å². The molecule has 0 N–H and O–H groups in total. The van der Waals surface area contributed by atoms with Crippen LogP contribution in [0.15, 0.2) is 53.7 Å². The Labute approximate surface area is 180 Å². The minimum atomic E-state index is -0.342. The number of benzene rings is 2. The van der Waals surface area contributed by atoms with Gasteiger partial charge in [-0.1, -0.05) is 67.0 Å². The molecular formula is C22H24ClN3O2S. The van der Waals surface area contributed by atoms with Crippen LogP contribution in [0.3, 0.4) is 0 Å². The summed E-state index contributed by atoms with van der Waals surface area (Å²) in [5, 5.41) is 9.76. The molecule has 1 aromatic heterocycles. The van der Waals surface area contributed by atoms with Gasteiger partial charge in [0.05, 0.1) is 17.3 Å². The molecule has 7 heteroatoms. The number of hydrogen-bond donors (Lipinski definition) is 0. The molecule has 5 nitrogen and oxygen atoms in total. The number of thioether (sulfide) groups is 1. The molecule has 0 amide bonds. The standard InChI is InChI=1S/C22H24ClN3O2S/c1-4-10-19(21(27)28-5-2)29-22-25-24-20(16-12-7-8-13-17(16)23)26(22)18-14-9-6-11-15(18)3/h6-9,11-14,19H,4-5,10H2,1-3H3. The molecule has 1 unspecified atom stereocenters. The smallest absolute Gasteiger partial charge is 0.319 e. The predicted octanol–water partition coefficient (Wildman–Crippen LogP) is 5.72. The van der Waals surface area contributed by atoms with E-state index in [4.69, 9.17) is 16.3 Å². The normalized spacial score (nSPS) is 12.0. The predicted molar refractivity (Wildman–Crippen MR) is 118 cm³/mol. The van der Waals surface area contributed by atoms with Crippen molar-refractivity contribution in [1.29, 1.82) is 0 Å². The highest BCUT2D eigenvalue weighted by atomic mass is 35.5. The van der Waals surface area contributed by atoms with Crippen LogP contribution in [0, 0.1) is 6.92 Å². The maximum Gasteiger partial charge on any atom is 0.319 e. The van der Waals surface area contributed by atoms with Crippen molar-refractivity contribution < 1.29 is 9.53 Å². The second-order valence-corrected chi connectivity index (χ2v) is 8.13. The topological polar surface area (TPSA) is 57.0 Å². The van der Waals surface area contributed by atoms with Gasteiger partial charge in [0.2, 0.25) is 0 Å². The van der Waals surface area contributed by atoms with Crippen molar-refractivity contribution in [3.8, 4) is 17.1 Å². The Hall–Kier alpha value is -2.31. The third-order valence-electron chi connectivity index (χ3n) is 4.45. The molecule has 0 aliphatic rings. The average Bonchev–Trinajstić information content (AvgIpc) is 3.11. The minimum Gasteiger partial charge on any atom is -0.465 e. The Kier molecular flexibility index (Phi) is 7.34. The quantitative estimate of drug-likeness (QED) is 0.338. The summed E-state index contributed by atoms with van der Waals surface area (Å²) in [5.41, 5.74) is 2.82. The van der Waals surface area contributed by atoms with E-state index in [0.29, 0.717) is 29.0 Å². The number of aromatic nitrogens is 3. The maximum absolute atomic E-state index is 12.5. The molecule has 0 fully saturated rings. The van der Waals surface area contributed by atoms with Crippen molar-refractivity contribution in [2.24, 2.45) is 0 Å². The highest BCUT2D eigenvalue weighted by molar-refractivity contribution is 8.00. The second kappa shape index (κ2) is 9.94. The van der Waals surface area contributed by atoms with Gasteiger partial charge in [-0.15, -0.1) is 10.2 Å². The monoisotopic (exact) mass is 429 g/mol. The fraction of sp³-hybridized carbons (Fsp3) is 0.318. The highest BCUT2D eigenvalue weighted by Gasteiger charge is 2.26. The third-order valence-corrected chi connectivity index (χ3v) is 5.97. The van der Waals surface area contributed by atoms with Crippen LogP contribution < -0.4 is 0 Å². The van der Waals surface area contributed by atoms with Gasteiger partial charge < -0.3 is 4.74 Å². The molecule has 3 rings (SSSR count). The zero-order chi connectivity index (χ0) is 20.8. The van der Waals surface area contributed by atoms with Gasteiger partial charge in [-0.05, 0) is 44.0 Å². The van der Waals surface area contributed by atoms with Gasteiger partial charge in [0.25, 0.3) is 0 Å². The Morgan fingerprint density at radius 1 is 1.14 bits per heavy atom. The largest absolute Gasteiger partial charge is 0.465 e. The van der Waals surface area contributed by atoms with E-state index in [1.165, 1.54) is 11.8 Å². The summed E-state index contributed by atoms with van der Waals surface area (Å²) in [6.07, 6.45) is 1.57. The summed E-state index contributed by atoms with van der Waals surface area (Å²) in [6.45, 7) is 6.26. The highest BCUT2D eigenvalue weighted by Crippen LogP contribution is 2.35. The van der Waals surface area contributed by atoms with Gasteiger partial charge >= 0.3 is 5.97 Å². The molecule has 0 saturated carbocycles. The molecule has 0 radical (unpaired) electrons. The van der Waals surface area contributed by atoms with Gasteiger partial charge in [0, 0.05) is 5.56 Å². The number of rotatable bonds is 8. The number of hydrogen-bond acceptors (Lipinski definition) is 5. The molecular weight excluding hydrogens is 406 g/mol. The molecule has 2 aromatic carbocycles. The van der Waals surface area contributed by atoms with E-state index in [2.05, 4.69) is 10.2 Å². The fourth-order valence-corrected chi connectivity index (χ4v) is 4.42. The fourth-order valence-electron chi connectivity index (χ4n) is 3.04. The summed E-state index contributed by atoms with van der Waals surface area (Å²) < 4.78 is 7.25. The number of carbonyl (C=O) groups is 1. The van der Waals surface area contributed by atoms with Crippen molar-refractivity contribution in [1.82, 2.24) is 14.8 Å². The van der Waals surface area contributed by atoms with Crippen LogP contribution in [0.25, 0.3) is 17.1 Å². The summed E-state index contributed by atoms with van der Waals surface area (Å²) in [4.78, 5) is 12.5. The van der Waals surface area contributed by atoms with Crippen LogP contribution in [0.4, 0.5) is 0 Å².